The van der Waals surface area contributed by atoms with Crippen LogP contribution in [0, 0.1) is 0 Å². The first kappa shape index (κ1) is 13.0. The van der Waals surface area contributed by atoms with E-state index in [1.807, 2.05) is 0 Å². The molecule has 0 N–H and O–H groups in total. The molecule has 0 unspecified atom stereocenters. The van der Waals surface area contributed by atoms with Crippen molar-refractivity contribution in [3.8, 4) is 5.75 Å². The summed E-state index contributed by atoms with van der Waals surface area (Å²) in [6.45, 7) is 1.20. The molecule has 88 valence electrons. The third-order valence-corrected chi connectivity index (χ3v) is 2.81. The Hall–Kier alpha value is -1.04. The van der Waals surface area contributed by atoms with Crippen molar-refractivity contribution in [1.29, 1.82) is 0 Å². The number of ketones is 1. The number of hydrogen-bond acceptors (Lipinski definition) is 2. The van der Waals surface area contributed by atoms with Crippen molar-refractivity contribution in [2.75, 3.05) is 7.11 Å². The van der Waals surface area contributed by atoms with Crippen molar-refractivity contribution in [1.82, 2.24) is 0 Å². The van der Waals surface area contributed by atoms with Gasteiger partial charge in [-0.05, 0) is 35.0 Å². The first-order valence-corrected chi connectivity index (χ1v) is 5.03. The standard InChI is InChI=1S/C10H8BrF3O2/c1-5(15)6-3-4-7(16-2)8(9(6)11)10(12,13)14/h3-4H,1-2H3. The maximum Gasteiger partial charge on any atom is 0.421 e. The Kier molecular flexibility index (Phi) is 3.62. The van der Waals surface area contributed by atoms with Crippen LogP contribution in [0.2, 0.25) is 0 Å². The highest BCUT2D eigenvalue weighted by Gasteiger charge is 2.38. The van der Waals surface area contributed by atoms with E-state index >= 15 is 0 Å². The van der Waals surface area contributed by atoms with E-state index in [1.165, 1.54) is 13.0 Å². The number of ether oxygens (including phenoxy) is 1. The van der Waals surface area contributed by atoms with Crippen LogP contribution in [0.4, 0.5) is 13.2 Å². The summed E-state index contributed by atoms with van der Waals surface area (Å²) in [4.78, 5) is 11.1. The predicted molar refractivity (Wildman–Crippen MR) is 55.7 cm³/mol. The SMILES string of the molecule is COc1ccc(C(C)=O)c(Br)c1C(F)(F)F. The number of alkyl halides is 3. The van der Waals surface area contributed by atoms with Crippen LogP contribution in [-0.4, -0.2) is 12.9 Å². The number of carbonyl (C=O) groups is 1. The molecule has 0 aliphatic carbocycles. The molecule has 0 saturated carbocycles. The fourth-order valence-electron chi connectivity index (χ4n) is 1.26. The Morgan fingerprint density at radius 2 is 1.94 bits per heavy atom. The van der Waals surface area contributed by atoms with E-state index in [2.05, 4.69) is 20.7 Å². The lowest BCUT2D eigenvalue weighted by molar-refractivity contribution is -0.139. The number of hydrogen-bond donors (Lipinski definition) is 0. The van der Waals surface area contributed by atoms with Crippen LogP contribution in [0.1, 0.15) is 22.8 Å². The molecule has 0 fully saturated rings. The van der Waals surface area contributed by atoms with E-state index in [1.54, 1.807) is 0 Å². The molecule has 0 atom stereocenters. The van der Waals surface area contributed by atoms with E-state index in [0.717, 1.165) is 13.2 Å². The number of carbonyl (C=O) groups excluding carboxylic acids is 1. The third kappa shape index (κ3) is 2.37. The van der Waals surface area contributed by atoms with E-state index in [4.69, 9.17) is 0 Å². The van der Waals surface area contributed by atoms with Gasteiger partial charge in [-0.1, -0.05) is 0 Å². The van der Waals surface area contributed by atoms with Crippen LogP contribution in [0.3, 0.4) is 0 Å². The fourth-order valence-corrected chi connectivity index (χ4v) is 2.10. The first-order valence-electron chi connectivity index (χ1n) is 4.23. The maximum atomic E-state index is 12.7. The smallest absolute Gasteiger partial charge is 0.421 e. The molecule has 0 radical (unpaired) electrons. The normalized spacial score (nSPS) is 11.4. The lowest BCUT2D eigenvalue weighted by atomic mass is 10.1. The Morgan fingerprint density at radius 3 is 2.31 bits per heavy atom. The number of methoxy groups -OCH3 is 1. The summed E-state index contributed by atoms with van der Waals surface area (Å²) in [6, 6.07) is 2.42. The van der Waals surface area contributed by atoms with E-state index in [-0.39, 0.29) is 15.8 Å². The molecule has 2 nitrogen and oxygen atoms in total. The largest absolute Gasteiger partial charge is 0.496 e. The Morgan fingerprint density at radius 1 is 1.38 bits per heavy atom. The summed E-state index contributed by atoms with van der Waals surface area (Å²) >= 11 is 2.79. The Labute approximate surface area is 98.5 Å². The highest BCUT2D eigenvalue weighted by molar-refractivity contribution is 9.10. The average Bonchev–Trinajstić information content (AvgIpc) is 2.14. The molecule has 1 aromatic rings. The summed E-state index contributed by atoms with van der Waals surface area (Å²) in [5.74, 6) is -0.760. The van der Waals surface area contributed by atoms with Crippen LogP contribution in [0.15, 0.2) is 16.6 Å². The van der Waals surface area contributed by atoms with Crippen molar-refractivity contribution in [2.45, 2.75) is 13.1 Å². The van der Waals surface area contributed by atoms with Gasteiger partial charge in [0.15, 0.2) is 5.78 Å². The zero-order chi connectivity index (χ0) is 12.5. The van der Waals surface area contributed by atoms with Gasteiger partial charge in [-0.2, -0.15) is 13.2 Å². The second kappa shape index (κ2) is 4.45. The van der Waals surface area contributed by atoms with Gasteiger partial charge in [0, 0.05) is 10.0 Å². The summed E-state index contributed by atoms with van der Waals surface area (Å²) in [5, 5.41) is 0. The summed E-state index contributed by atoms with van der Waals surface area (Å²) in [5.41, 5.74) is -0.990. The zero-order valence-electron chi connectivity index (χ0n) is 8.48. The van der Waals surface area contributed by atoms with Gasteiger partial charge in [0.1, 0.15) is 11.3 Å². The van der Waals surface area contributed by atoms with E-state index < -0.39 is 17.5 Å². The summed E-state index contributed by atoms with van der Waals surface area (Å²) in [7, 11) is 1.14. The molecule has 0 aromatic heterocycles. The van der Waals surface area contributed by atoms with E-state index in [0.29, 0.717) is 0 Å². The molecule has 6 heteroatoms. The minimum atomic E-state index is -4.57. The molecule has 0 aliphatic rings. The molecular weight excluding hydrogens is 289 g/mol. The lowest BCUT2D eigenvalue weighted by Crippen LogP contribution is -2.11. The molecule has 0 amide bonds. The Bertz CT molecular complexity index is 427. The highest BCUT2D eigenvalue weighted by atomic mass is 79.9. The molecule has 0 spiro atoms. The van der Waals surface area contributed by atoms with Crippen LogP contribution in [0.5, 0.6) is 5.75 Å². The monoisotopic (exact) mass is 296 g/mol. The molecular formula is C10H8BrF3O2. The van der Waals surface area contributed by atoms with Crippen molar-refractivity contribution >= 4 is 21.7 Å². The molecule has 0 heterocycles. The number of benzene rings is 1. The lowest BCUT2D eigenvalue weighted by Gasteiger charge is -2.15. The second-order valence-corrected chi connectivity index (χ2v) is 3.85. The third-order valence-electron chi connectivity index (χ3n) is 1.99. The van der Waals surface area contributed by atoms with Crippen LogP contribution in [-0.2, 0) is 6.18 Å². The molecule has 0 aliphatic heterocycles. The van der Waals surface area contributed by atoms with Gasteiger partial charge < -0.3 is 4.74 Å². The summed E-state index contributed by atoms with van der Waals surface area (Å²) in [6.07, 6.45) is -4.57. The highest BCUT2D eigenvalue weighted by Crippen LogP contribution is 2.42. The topological polar surface area (TPSA) is 26.3 Å². The van der Waals surface area contributed by atoms with Crippen molar-refractivity contribution in [3.05, 3.63) is 27.7 Å². The molecule has 16 heavy (non-hydrogen) atoms. The second-order valence-electron chi connectivity index (χ2n) is 3.06. The number of halogens is 4. The molecule has 0 saturated heterocycles. The number of Topliss-reactive ketones (excluding diaryl/α,β-unsaturated/α-hetero) is 1. The van der Waals surface area contributed by atoms with Crippen molar-refractivity contribution in [3.63, 3.8) is 0 Å². The minimum absolute atomic E-state index is 0.0203. The fraction of sp³-hybridized carbons (Fsp3) is 0.300. The van der Waals surface area contributed by atoms with Gasteiger partial charge in [0.05, 0.1) is 7.11 Å². The predicted octanol–water partition coefficient (Wildman–Crippen LogP) is 3.68. The maximum absolute atomic E-state index is 12.7. The van der Waals surface area contributed by atoms with Crippen molar-refractivity contribution in [2.24, 2.45) is 0 Å². The molecule has 1 aromatic carbocycles. The van der Waals surface area contributed by atoms with Gasteiger partial charge in [-0.25, -0.2) is 0 Å². The van der Waals surface area contributed by atoms with Gasteiger partial charge >= 0.3 is 6.18 Å². The van der Waals surface area contributed by atoms with Crippen LogP contribution in [0.25, 0.3) is 0 Å². The Balaban J connectivity index is 3.53. The van der Waals surface area contributed by atoms with Crippen molar-refractivity contribution < 1.29 is 22.7 Å². The van der Waals surface area contributed by atoms with Gasteiger partial charge in [-0.3, -0.25) is 4.79 Å². The van der Waals surface area contributed by atoms with Crippen LogP contribution < -0.4 is 4.74 Å². The zero-order valence-corrected chi connectivity index (χ0v) is 10.1. The quantitative estimate of drug-likeness (QED) is 0.778. The first-order chi connectivity index (χ1) is 7.29. The van der Waals surface area contributed by atoms with Crippen LogP contribution >= 0.6 is 15.9 Å². The summed E-state index contributed by atoms with van der Waals surface area (Å²) < 4.78 is 42.5. The van der Waals surface area contributed by atoms with E-state index in [9.17, 15) is 18.0 Å². The van der Waals surface area contributed by atoms with Gasteiger partial charge in [0.2, 0.25) is 0 Å². The van der Waals surface area contributed by atoms with Gasteiger partial charge in [0.25, 0.3) is 0 Å². The average molecular weight is 297 g/mol. The molecule has 1 rings (SSSR count). The molecule has 0 bridgehead atoms. The van der Waals surface area contributed by atoms with Gasteiger partial charge in [-0.15, -0.1) is 0 Å². The number of rotatable bonds is 2. The minimum Gasteiger partial charge on any atom is -0.496 e.